The summed E-state index contributed by atoms with van der Waals surface area (Å²) in [4.78, 5) is 41.5. The van der Waals surface area contributed by atoms with Gasteiger partial charge in [-0.3, -0.25) is 14.5 Å². The second-order valence-corrected chi connectivity index (χ2v) is 12.6. The minimum absolute atomic E-state index is 0.0432. The minimum atomic E-state index is -0.889. The molecule has 0 saturated carbocycles. The predicted molar refractivity (Wildman–Crippen MR) is 146 cm³/mol. The third-order valence-electron chi connectivity index (χ3n) is 5.00. The summed E-state index contributed by atoms with van der Waals surface area (Å²) in [6, 6.07) is 9.83. The van der Waals surface area contributed by atoms with Crippen LogP contribution in [0, 0.1) is 0 Å². The van der Waals surface area contributed by atoms with Crippen molar-refractivity contribution in [2.24, 2.45) is 5.73 Å². The fraction of sp³-hybridized carbons (Fsp3) is 0.227. The molecule has 0 aliphatic carbocycles. The second kappa shape index (κ2) is 11.7. The van der Waals surface area contributed by atoms with Gasteiger partial charge in [-0.15, -0.1) is 35.1 Å². The van der Waals surface area contributed by atoms with Crippen LogP contribution >= 0.6 is 86.0 Å². The van der Waals surface area contributed by atoms with E-state index in [0.29, 0.717) is 31.5 Å². The van der Waals surface area contributed by atoms with Crippen molar-refractivity contribution in [3.05, 3.63) is 67.1 Å². The highest BCUT2D eigenvalue weighted by molar-refractivity contribution is 9.10. The summed E-state index contributed by atoms with van der Waals surface area (Å²) in [6.07, 6.45) is 0. The molecule has 1 amide bonds. The fourth-order valence-corrected chi connectivity index (χ4v) is 7.83. The van der Waals surface area contributed by atoms with Gasteiger partial charge in [0.05, 0.1) is 10.8 Å². The number of ether oxygens (including phenoxy) is 1. The van der Waals surface area contributed by atoms with E-state index in [-0.39, 0.29) is 16.8 Å². The van der Waals surface area contributed by atoms with Crippen molar-refractivity contribution < 1.29 is 19.1 Å². The molecule has 6 nitrogen and oxygen atoms in total. The van der Waals surface area contributed by atoms with Crippen LogP contribution in [-0.4, -0.2) is 45.7 Å². The quantitative estimate of drug-likeness (QED) is 0.130. The first-order valence-corrected chi connectivity index (χ1v) is 14.9. The van der Waals surface area contributed by atoms with Crippen molar-refractivity contribution >= 4 is 104 Å². The summed E-state index contributed by atoms with van der Waals surface area (Å²) < 4.78 is 5.93. The van der Waals surface area contributed by atoms with Crippen molar-refractivity contribution in [1.29, 1.82) is 0 Å². The number of halogens is 4. The van der Waals surface area contributed by atoms with E-state index in [4.69, 9.17) is 45.3 Å². The smallest absolute Gasteiger partial charge is 0.363 e. The Morgan fingerprint density at radius 2 is 1.94 bits per heavy atom. The Balaban J connectivity index is 1.53. The number of hydrogen-bond donors (Lipinski definition) is 1. The van der Waals surface area contributed by atoms with Gasteiger partial charge in [-0.2, -0.15) is 0 Å². The van der Waals surface area contributed by atoms with Crippen molar-refractivity contribution in [3.8, 4) is 0 Å². The largest absolute Gasteiger partial charge is 0.388 e. The standard InChI is InChI=1S/C22H16BrCl3N2O4S3/c23-12-5-10(7-24)1-3-14(12)35-16-8-34-21-18(27)20(30)28(21)19(16)22(31)32-17(29)9-33-15-4-2-11(25)6-13(15)26/h1-6,18,21H,7-9,27H2/t18?,21-/m0/s1. The van der Waals surface area contributed by atoms with Gasteiger partial charge in [-0.1, -0.05) is 41.0 Å². The maximum absolute atomic E-state index is 13.1. The van der Waals surface area contributed by atoms with Crippen molar-refractivity contribution in [2.75, 3.05) is 11.5 Å². The van der Waals surface area contributed by atoms with Gasteiger partial charge in [0, 0.05) is 35.8 Å². The number of alkyl halides is 1. The molecule has 2 aliphatic rings. The average Bonchev–Trinajstić information content (AvgIpc) is 2.83. The Kier molecular flexibility index (Phi) is 9.08. The van der Waals surface area contributed by atoms with E-state index in [9.17, 15) is 14.4 Å². The van der Waals surface area contributed by atoms with Gasteiger partial charge in [-0.05, 0) is 51.8 Å². The predicted octanol–water partition coefficient (Wildman–Crippen LogP) is 5.90. The van der Waals surface area contributed by atoms with Gasteiger partial charge >= 0.3 is 11.9 Å². The van der Waals surface area contributed by atoms with Gasteiger partial charge < -0.3 is 10.5 Å². The molecule has 2 atom stereocenters. The zero-order valence-electron chi connectivity index (χ0n) is 17.6. The molecule has 2 aromatic carbocycles. The number of fused-ring (bicyclic) bond motifs is 1. The molecule has 35 heavy (non-hydrogen) atoms. The van der Waals surface area contributed by atoms with E-state index < -0.39 is 23.9 Å². The third kappa shape index (κ3) is 6.01. The highest BCUT2D eigenvalue weighted by Gasteiger charge is 2.52. The molecule has 0 radical (unpaired) electrons. The summed E-state index contributed by atoms with van der Waals surface area (Å²) in [5.41, 5.74) is 6.90. The monoisotopic (exact) mass is 652 g/mol. The number of nitrogens with zero attached hydrogens (tertiary/aromatic N) is 1. The van der Waals surface area contributed by atoms with Crippen LogP contribution in [0.1, 0.15) is 5.56 Å². The zero-order chi connectivity index (χ0) is 25.3. The Bertz CT molecular complexity index is 1250. The van der Waals surface area contributed by atoms with Crippen LogP contribution in [0.3, 0.4) is 0 Å². The molecular weight excluding hydrogens is 639 g/mol. The van der Waals surface area contributed by atoms with Gasteiger partial charge in [-0.25, -0.2) is 4.79 Å². The van der Waals surface area contributed by atoms with E-state index in [2.05, 4.69) is 15.9 Å². The lowest BCUT2D eigenvalue weighted by Crippen LogP contribution is -2.68. The van der Waals surface area contributed by atoms with Crippen LogP contribution in [0.25, 0.3) is 0 Å². The van der Waals surface area contributed by atoms with E-state index in [0.717, 1.165) is 26.7 Å². The molecular formula is C22H16BrCl3N2O4S3. The normalized spacial score (nSPS) is 19.3. The van der Waals surface area contributed by atoms with Crippen LogP contribution in [0.5, 0.6) is 0 Å². The van der Waals surface area contributed by atoms with Gasteiger partial charge in [0.15, 0.2) is 0 Å². The molecule has 1 fully saturated rings. The summed E-state index contributed by atoms with van der Waals surface area (Å²) in [7, 11) is 0. The lowest BCUT2D eigenvalue weighted by molar-refractivity contribution is -0.159. The molecule has 2 N–H and O–H groups in total. The number of esters is 2. The highest BCUT2D eigenvalue weighted by Crippen LogP contribution is 2.46. The Morgan fingerprint density at radius 1 is 1.20 bits per heavy atom. The van der Waals surface area contributed by atoms with Crippen LogP contribution in [-0.2, 0) is 25.0 Å². The van der Waals surface area contributed by atoms with Gasteiger partial charge in [0.25, 0.3) is 0 Å². The molecule has 4 rings (SSSR count). The van der Waals surface area contributed by atoms with E-state index >= 15 is 0 Å². The number of thioether (sulfide) groups is 3. The highest BCUT2D eigenvalue weighted by atomic mass is 79.9. The third-order valence-corrected chi connectivity index (χ3v) is 10.6. The molecule has 0 spiro atoms. The maximum atomic E-state index is 13.1. The zero-order valence-corrected chi connectivity index (χ0v) is 23.9. The van der Waals surface area contributed by atoms with Crippen LogP contribution < -0.4 is 5.73 Å². The van der Waals surface area contributed by atoms with Gasteiger partial charge in [0.2, 0.25) is 5.91 Å². The molecule has 13 heteroatoms. The summed E-state index contributed by atoms with van der Waals surface area (Å²) in [5.74, 6) is -1.40. The van der Waals surface area contributed by atoms with Crippen molar-refractivity contribution in [3.63, 3.8) is 0 Å². The van der Waals surface area contributed by atoms with Crippen molar-refractivity contribution in [1.82, 2.24) is 4.90 Å². The van der Waals surface area contributed by atoms with Crippen LogP contribution in [0.4, 0.5) is 0 Å². The maximum Gasteiger partial charge on any atom is 0.363 e. The van der Waals surface area contributed by atoms with Crippen LogP contribution in [0.15, 0.2) is 61.3 Å². The van der Waals surface area contributed by atoms with E-state index in [1.807, 2.05) is 18.2 Å². The first kappa shape index (κ1) is 27.2. The number of hydrogen-bond acceptors (Lipinski definition) is 8. The number of carbonyl (C=O) groups excluding carboxylic acids is 3. The number of amides is 1. The molecule has 0 bridgehead atoms. The van der Waals surface area contributed by atoms with Gasteiger partial charge in [0.1, 0.15) is 17.1 Å². The Morgan fingerprint density at radius 3 is 2.63 bits per heavy atom. The number of benzene rings is 2. The molecule has 1 unspecified atom stereocenters. The molecule has 2 aliphatic heterocycles. The lowest BCUT2D eigenvalue weighted by atomic mass is 10.1. The summed E-state index contributed by atoms with van der Waals surface area (Å²) in [5, 5.41) is 0.482. The van der Waals surface area contributed by atoms with Crippen molar-refractivity contribution in [2.45, 2.75) is 27.1 Å². The topological polar surface area (TPSA) is 89.7 Å². The number of rotatable bonds is 7. The summed E-state index contributed by atoms with van der Waals surface area (Å²) in [6.45, 7) is 0. The Hall–Kier alpha value is -0.850. The Labute approximate surface area is 237 Å². The molecule has 1 saturated heterocycles. The average molecular weight is 655 g/mol. The lowest BCUT2D eigenvalue weighted by Gasteiger charge is -2.48. The summed E-state index contributed by atoms with van der Waals surface area (Å²) >= 11 is 25.4. The van der Waals surface area contributed by atoms with Crippen LogP contribution in [0.2, 0.25) is 10.0 Å². The van der Waals surface area contributed by atoms with E-state index in [1.54, 1.807) is 18.2 Å². The fourth-order valence-electron chi connectivity index (χ4n) is 3.31. The van der Waals surface area contributed by atoms with E-state index in [1.165, 1.54) is 28.4 Å². The number of carbonyl (C=O) groups is 3. The molecule has 0 aromatic heterocycles. The molecule has 2 aromatic rings. The first-order chi connectivity index (χ1) is 16.7. The minimum Gasteiger partial charge on any atom is -0.388 e. The number of nitrogens with two attached hydrogens (primary N) is 1. The molecule has 184 valence electrons. The first-order valence-electron chi connectivity index (χ1n) is 9.98. The molecule has 2 heterocycles. The SMILES string of the molecule is NC1C(=O)N2C(C(=O)OC(=O)CSc3ccc(Cl)cc3Cl)=C(Sc3ccc(CCl)cc3Br)CS[C@@H]12. The second-order valence-electron chi connectivity index (χ2n) is 7.33. The number of β-lactam (4-membered cyclic amide) rings is 1.